The Bertz CT molecular complexity index is 1320. The number of rotatable bonds is 2. The van der Waals surface area contributed by atoms with Gasteiger partial charge in [0.05, 0.1) is 23.0 Å². The Balaban J connectivity index is 1.69. The van der Waals surface area contributed by atoms with Crippen LogP contribution in [0, 0.1) is 23.0 Å². The van der Waals surface area contributed by atoms with E-state index < -0.39 is 11.6 Å². The van der Waals surface area contributed by atoms with Gasteiger partial charge in [-0.25, -0.2) is 18.8 Å². The summed E-state index contributed by atoms with van der Waals surface area (Å²) in [6.45, 7) is 0.493. The van der Waals surface area contributed by atoms with E-state index in [0.29, 0.717) is 54.5 Å². The van der Waals surface area contributed by atoms with E-state index in [2.05, 4.69) is 16.0 Å². The number of aromatic nitrogens is 1. The Morgan fingerprint density at radius 3 is 2.77 bits per heavy atom. The number of thiophene rings is 1. The summed E-state index contributed by atoms with van der Waals surface area (Å²) >= 11 is 1.51. The number of nitrogens with zero attached hydrogens (tertiary/aromatic N) is 3. The quantitative estimate of drug-likeness (QED) is 0.621. The van der Waals surface area contributed by atoms with Gasteiger partial charge in [0.25, 0.3) is 0 Å². The van der Waals surface area contributed by atoms with Gasteiger partial charge in [0, 0.05) is 29.3 Å². The highest BCUT2D eigenvalue weighted by Crippen LogP contribution is 2.45. The number of nitrogens with two attached hydrogens (primary N) is 1. The monoisotopic (exact) mass is 434 g/mol. The lowest BCUT2D eigenvalue weighted by Gasteiger charge is -2.17. The number of allylic oxidation sites excluding steroid dienone is 1. The predicted molar refractivity (Wildman–Crippen MR) is 115 cm³/mol. The number of hydrogen-bond acceptors (Lipinski definition) is 6. The van der Waals surface area contributed by atoms with Gasteiger partial charge in [0.1, 0.15) is 34.8 Å². The molecular formula is C23H16F2N4OS. The summed E-state index contributed by atoms with van der Waals surface area (Å²) in [7, 11) is 0. The van der Waals surface area contributed by atoms with Crippen LogP contribution in [-0.2, 0) is 6.42 Å². The van der Waals surface area contributed by atoms with Crippen molar-refractivity contribution in [2.75, 3.05) is 6.61 Å². The van der Waals surface area contributed by atoms with Gasteiger partial charge in [-0.15, -0.1) is 11.3 Å². The van der Waals surface area contributed by atoms with Crippen LogP contribution in [0.2, 0.25) is 0 Å². The van der Waals surface area contributed by atoms with E-state index >= 15 is 0 Å². The highest BCUT2D eigenvalue weighted by molar-refractivity contribution is 7.16. The molecule has 1 aromatic carbocycles. The minimum atomic E-state index is -0.678. The summed E-state index contributed by atoms with van der Waals surface area (Å²) in [5.41, 5.74) is 9.46. The predicted octanol–water partition coefficient (Wildman–Crippen LogP) is 4.91. The minimum absolute atomic E-state index is 0.219. The van der Waals surface area contributed by atoms with Gasteiger partial charge in [0.15, 0.2) is 0 Å². The van der Waals surface area contributed by atoms with Crippen LogP contribution in [0.25, 0.3) is 21.8 Å². The van der Waals surface area contributed by atoms with Crippen molar-refractivity contribution >= 4 is 28.4 Å². The summed E-state index contributed by atoms with van der Waals surface area (Å²) in [5, 5.41) is 9.25. The Labute approximate surface area is 181 Å². The van der Waals surface area contributed by atoms with E-state index in [1.807, 2.05) is 6.07 Å². The van der Waals surface area contributed by atoms with Crippen molar-refractivity contribution in [2.45, 2.75) is 19.3 Å². The zero-order valence-electron chi connectivity index (χ0n) is 16.3. The van der Waals surface area contributed by atoms with Gasteiger partial charge in [-0.2, -0.15) is 5.26 Å². The molecule has 2 aliphatic heterocycles. The fourth-order valence-corrected chi connectivity index (χ4v) is 5.08. The average Bonchev–Trinajstić information content (AvgIpc) is 3.10. The fraction of sp³-hybridized carbons (Fsp3) is 0.174. The lowest BCUT2D eigenvalue weighted by Crippen LogP contribution is -2.15. The molecule has 5 nitrogen and oxygen atoms in total. The van der Waals surface area contributed by atoms with Crippen molar-refractivity contribution in [3.05, 3.63) is 69.7 Å². The second-order valence-corrected chi connectivity index (χ2v) is 8.33. The highest BCUT2D eigenvalue weighted by atomic mass is 32.1. The van der Waals surface area contributed by atoms with Crippen LogP contribution in [0.3, 0.4) is 0 Å². The van der Waals surface area contributed by atoms with Crippen molar-refractivity contribution < 1.29 is 13.5 Å². The minimum Gasteiger partial charge on any atom is -0.491 e. The van der Waals surface area contributed by atoms with E-state index in [0.717, 1.165) is 27.0 Å². The largest absolute Gasteiger partial charge is 0.491 e. The Morgan fingerprint density at radius 1 is 1.10 bits per heavy atom. The van der Waals surface area contributed by atoms with Crippen LogP contribution >= 0.6 is 11.3 Å². The lowest BCUT2D eigenvalue weighted by molar-refractivity contribution is 0.325. The van der Waals surface area contributed by atoms with Crippen molar-refractivity contribution in [3.63, 3.8) is 0 Å². The van der Waals surface area contributed by atoms with E-state index in [9.17, 15) is 14.0 Å². The number of amidine groups is 1. The van der Waals surface area contributed by atoms with Crippen molar-refractivity contribution in [1.82, 2.24) is 4.98 Å². The molecule has 0 amide bonds. The smallest absolute Gasteiger partial charge is 0.146 e. The topological polar surface area (TPSA) is 84.3 Å². The number of benzene rings is 1. The molecule has 2 N–H and O–H groups in total. The Kier molecular flexibility index (Phi) is 4.75. The maximum atomic E-state index is 14.6. The molecular weight excluding hydrogens is 418 g/mol. The molecule has 3 aromatic rings. The van der Waals surface area contributed by atoms with Gasteiger partial charge >= 0.3 is 0 Å². The standard InChI is InChI=1S/C23H16F2N4OS/c24-13-1-3-15(17(25)10-13)21-16(4-6-20(27)29-21)19-9-12-7-8-30-18-5-2-14(11-26)28-22(18)23(12)31-19/h1-3,5,9-10H,4,6-8H2,(H2,27,29). The number of ether oxygens (including phenoxy) is 1. The normalized spacial score (nSPS) is 15.3. The molecule has 0 radical (unpaired) electrons. The lowest BCUT2D eigenvalue weighted by atomic mass is 9.97. The van der Waals surface area contributed by atoms with Crippen LogP contribution in [0.4, 0.5) is 8.78 Å². The third kappa shape index (κ3) is 3.47. The number of aliphatic imine (C=N–C) groups is 1. The van der Waals surface area contributed by atoms with Crippen LogP contribution in [0.15, 0.2) is 41.4 Å². The third-order valence-electron chi connectivity index (χ3n) is 5.28. The van der Waals surface area contributed by atoms with E-state index in [1.165, 1.54) is 23.5 Å². The molecule has 0 bridgehead atoms. The van der Waals surface area contributed by atoms with Crippen LogP contribution in [-0.4, -0.2) is 17.4 Å². The molecule has 2 aliphatic rings. The zero-order valence-corrected chi connectivity index (χ0v) is 17.1. The fourth-order valence-electron chi connectivity index (χ4n) is 3.80. The van der Waals surface area contributed by atoms with E-state index in [-0.39, 0.29) is 5.56 Å². The molecule has 0 saturated heterocycles. The summed E-state index contributed by atoms with van der Waals surface area (Å²) < 4.78 is 33.8. The van der Waals surface area contributed by atoms with Gasteiger partial charge < -0.3 is 10.5 Å². The van der Waals surface area contributed by atoms with Crippen molar-refractivity contribution in [3.8, 4) is 22.4 Å². The number of nitriles is 1. The number of hydrogen-bond donors (Lipinski definition) is 1. The highest BCUT2D eigenvalue weighted by Gasteiger charge is 2.25. The molecule has 2 aromatic heterocycles. The van der Waals surface area contributed by atoms with Gasteiger partial charge in [0.2, 0.25) is 0 Å². The first kappa shape index (κ1) is 19.4. The molecule has 31 heavy (non-hydrogen) atoms. The average molecular weight is 434 g/mol. The first-order valence-corrected chi connectivity index (χ1v) is 10.5. The second kappa shape index (κ2) is 7.60. The molecule has 8 heteroatoms. The summed E-state index contributed by atoms with van der Waals surface area (Å²) in [6.07, 6.45) is 1.83. The van der Waals surface area contributed by atoms with Crippen LogP contribution < -0.4 is 10.5 Å². The molecule has 0 aliphatic carbocycles. The molecule has 5 rings (SSSR count). The molecule has 0 saturated carbocycles. The van der Waals surface area contributed by atoms with Gasteiger partial charge in [-0.3, -0.25) is 0 Å². The maximum absolute atomic E-state index is 14.6. The van der Waals surface area contributed by atoms with Crippen molar-refractivity contribution in [2.24, 2.45) is 10.7 Å². The Morgan fingerprint density at radius 2 is 1.97 bits per heavy atom. The molecule has 4 heterocycles. The number of fused-ring (bicyclic) bond motifs is 3. The summed E-state index contributed by atoms with van der Waals surface area (Å²) in [4.78, 5) is 10.7. The molecule has 0 unspecified atom stereocenters. The van der Waals surface area contributed by atoms with Crippen LogP contribution in [0.1, 0.15) is 34.5 Å². The molecule has 0 atom stereocenters. The second-order valence-electron chi connectivity index (χ2n) is 7.27. The van der Waals surface area contributed by atoms with Gasteiger partial charge in [-0.05, 0) is 47.9 Å². The zero-order chi connectivity index (χ0) is 21.5. The summed E-state index contributed by atoms with van der Waals surface area (Å²) in [5.74, 6) is -0.270. The SMILES string of the molecule is N#Cc1ccc2c(n1)-c1sc(C3=C(c4ccc(F)cc4F)N=C(N)CC3)cc1CCO2. The molecule has 0 fully saturated rings. The van der Waals surface area contributed by atoms with Crippen LogP contribution in [0.5, 0.6) is 5.75 Å². The third-order valence-corrected chi connectivity index (χ3v) is 6.53. The maximum Gasteiger partial charge on any atom is 0.146 e. The first-order valence-electron chi connectivity index (χ1n) is 9.72. The molecule has 154 valence electrons. The summed E-state index contributed by atoms with van der Waals surface area (Å²) in [6, 6.07) is 11.0. The van der Waals surface area contributed by atoms with Crippen molar-refractivity contribution in [1.29, 1.82) is 5.26 Å². The molecule has 0 spiro atoms. The van der Waals surface area contributed by atoms with E-state index in [1.54, 1.807) is 12.1 Å². The number of pyridine rings is 1. The first-order chi connectivity index (χ1) is 15.0. The number of halogens is 2. The Hall–Kier alpha value is -3.57. The van der Waals surface area contributed by atoms with Gasteiger partial charge in [-0.1, -0.05) is 0 Å². The van der Waals surface area contributed by atoms with E-state index in [4.69, 9.17) is 10.5 Å².